The number of hydrogen-bond donors (Lipinski definition) is 2. The lowest BCUT2D eigenvalue weighted by Crippen LogP contribution is -2.37. The van der Waals surface area contributed by atoms with Crippen molar-refractivity contribution in [2.45, 2.75) is 26.7 Å². The number of likely N-dealkylation sites (tertiary alicyclic amines) is 1. The average Bonchev–Trinajstić information content (AvgIpc) is 2.75. The molecular weight excluding hydrogens is 222 g/mol. The van der Waals surface area contributed by atoms with Crippen molar-refractivity contribution >= 4 is 11.9 Å². The van der Waals surface area contributed by atoms with Gasteiger partial charge in [0.2, 0.25) is 5.91 Å². The van der Waals surface area contributed by atoms with Crippen LogP contribution in [0, 0.1) is 17.8 Å². The SMILES string of the molecule is CC(C(=O)O)C(C)C(=O)N1CCC(CCO)C1. The van der Waals surface area contributed by atoms with E-state index in [2.05, 4.69) is 0 Å². The summed E-state index contributed by atoms with van der Waals surface area (Å²) in [4.78, 5) is 24.6. The van der Waals surface area contributed by atoms with Gasteiger partial charge in [0, 0.05) is 25.6 Å². The molecule has 0 bridgehead atoms. The van der Waals surface area contributed by atoms with Crippen LogP contribution in [0.25, 0.3) is 0 Å². The summed E-state index contributed by atoms with van der Waals surface area (Å²) in [7, 11) is 0. The van der Waals surface area contributed by atoms with E-state index in [1.54, 1.807) is 18.7 Å². The molecule has 1 aliphatic heterocycles. The standard InChI is InChI=1S/C12H21NO4/c1-8(9(2)12(16)17)11(15)13-5-3-10(7-13)4-6-14/h8-10,14H,3-7H2,1-2H3,(H,16,17). The van der Waals surface area contributed by atoms with E-state index < -0.39 is 17.8 Å². The molecule has 1 rings (SSSR count). The van der Waals surface area contributed by atoms with E-state index in [0.29, 0.717) is 25.4 Å². The quantitative estimate of drug-likeness (QED) is 0.740. The van der Waals surface area contributed by atoms with Gasteiger partial charge in [0.25, 0.3) is 0 Å². The van der Waals surface area contributed by atoms with Gasteiger partial charge in [0.1, 0.15) is 0 Å². The summed E-state index contributed by atoms with van der Waals surface area (Å²) in [5, 5.41) is 17.7. The zero-order chi connectivity index (χ0) is 13.0. The van der Waals surface area contributed by atoms with E-state index in [9.17, 15) is 9.59 Å². The summed E-state index contributed by atoms with van der Waals surface area (Å²) in [5.41, 5.74) is 0. The molecule has 17 heavy (non-hydrogen) atoms. The molecule has 5 nitrogen and oxygen atoms in total. The van der Waals surface area contributed by atoms with Crippen molar-refractivity contribution < 1.29 is 19.8 Å². The van der Waals surface area contributed by atoms with E-state index in [0.717, 1.165) is 6.42 Å². The lowest BCUT2D eigenvalue weighted by atomic mass is 9.95. The maximum atomic E-state index is 12.0. The Morgan fingerprint density at radius 2 is 2.00 bits per heavy atom. The second-order valence-corrected chi connectivity index (χ2v) is 4.87. The Morgan fingerprint density at radius 1 is 1.35 bits per heavy atom. The molecule has 0 aromatic carbocycles. The minimum absolute atomic E-state index is 0.0830. The summed E-state index contributed by atoms with van der Waals surface area (Å²) < 4.78 is 0. The molecule has 98 valence electrons. The summed E-state index contributed by atoms with van der Waals surface area (Å²) in [6.45, 7) is 4.71. The number of aliphatic hydroxyl groups excluding tert-OH is 1. The second kappa shape index (κ2) is 6.00. The van der Waals surface area contributed by atoms with Crippen molar-refractivity contribution in [1.82, 2.24) is 4.90 Å². The van der Waals surface area contributed by atoms with Crippen LogP contribution in [0.5, 0.6) is 0 Å². The third-order valence-corrected chi connectivity index (χ3v) is 3.66. The molecular formula is C12H21NO4. The van der Waals surface area contributed by atoms with Crippen LogP contribution in [-0.2, 0) is 9.59 Å². The molecule has 0 radical (unpaired) electrons. The van der Waals surface area contributed by atoms with Crippen molar-refractivity contribution in [2.24, 2.45) is 17.8 Å². The predicted molar refractivity (Wildman–Crippen MR) is 62.4 cm³/mol. The summed E-state index contributed by atoms with van der Waals surface area (Å²) in [6.07, 6.45) is 1.62. The number of amides is 1. The molecule has 1 amide bonds. The van der Waals surface area contributed by atoms with Crippen LogP contribution in [0.1, 0.15) is 26.7 Å². The molecule has 0 spiro atoms. The number of aliphatic carboxylic acids is 1. The van der Waals surface area contributed by atoms with E-state index in [1.165, 1.54) is 0 Å². The molecule has 0 aromatic heterocycles. The summed E-state index contributed by atoms with van der Waals surface area (Å²) in [5.74, 6) is -1.80. The third-order valence-electron chi connectivity index (χ3n) is 3.66. The number of carboxylic acids is 1. The lowest BCUT2D eigenvalue weighted by molar-refractivity contribution is -0.148. The van der Waals surface area contributed by atoms with Crippen LogP contribution >= 0.6 is 0 Å². The molecule has 5 heteroatoms. The highest BCUT2D eigenvalue weighted by atomic mass is 16.4. The molecule has 3 unspecified atom stereocenters. The number of carbonyl (C=O) groups is 2. The van der Waals surface area contributed by atoms with Crippen LogP contribution in [0.3, 0.4) is 0 Å². The Bertz CT molecular complexity index is 292. The maximum Gasteiger partial charge on any atom is 0.307 e. The fourth-order valence-corrected chi connectivity index (χ4v) is 2.17. The second-order valence-electron chi connectivity index (χ2n) is 4.87. The smallest absolute Gasteiger partial charge is 0.307 e. The fourth-order valence-electron chi connectivity index (χ4n) is 2.17. The molecule has 0 aliphatic carbocycles. The largest absolute Gasteiger partial charge is 0.481 e. The zero-order valence-corrected chi connectivity index (χ0v) is 10.4. The minimum atomic E-state index is -0.933. The van der Waals surface area contributed by atoms with Gasteiger partial charge in [0.05, 0.1) is 5.92 Å². The zero-order valence-electron chi connectivity index (χ0n) is 10.4. The third kappa shape index (κ3) is 3.43. The van der Waals surface area contributed by atoms with Crippen molar-refractivity contribution in [1.29, 1.82) is 0 Å². The topological polar surface area (TPSA) is 77.8 Å². The first kappa shape index (κ1) is 14.0. The van der Waals surface area contributed by atoms with Crippen molar-refractivity contribution in [3.05, 3.63) is 0 Å². The van der Waals surface area contributed by atoms with Crippen molar-refractivity contribution in [3.63, 3.8) is 0 Å². The van der Waals surface area contributed by atoms with E-state index in [4.69, 9.17) is 10.2 Å². The van der Waals surface area contributed by atoms with Gasteiger partial charge in [-0.3, -0.25) is 9.59 Å². The molecule has 1 aliphatic rings. The van der Waals surface area contributed by atoms with Crippen LogP contribution in [0.15, 0.2) is 0 Å². The van der Waals surface area contributed by atoms with Gasteiger partial charge in [0.15, 0.2) is 0 Å². The number of carboxylic acid groups (broad SMARTS) is 1. The van der Waals surface area contributed by atoms with Gasteiger partial charge in [-0.25, -0.2) is 0 Å². The number of carbonyl (C=O) groups excluding carboxylic acids is 1. The molecule has 2 N–H and O–H groups in total. The Balaban J connectivity index is 2.51. The van der Waals surface area contributed by atoms with Gasteiger partial charge in [-0.05, 0) is 18.8 Å². The lowest BCUT2D eigenvalue weighted by Gasteiger charge is -2.23. The van der Waals surface area contributed by atoms with E-state index in [-0.39, 0.29) is 12.5 Å². The first-order valence-electron chi connectivity index (χ1n) is 6.09. The van der Waals surface area contributed by atoms with Gasteiger partial charge >= 0.3 is 5.97 Å². The van der Waals surface area contributed by atoms with E-state index >= 15 is 0 Å². The monoisotopic (exact) mass is 243 g/mol. The van der Waals surface area contributed by atoms with Gasteiger partial charge < -0.3 is 15.1 Å². The molecule has 1 fully saturated rings. The van der Waals surface area contributed by atoms with E-state index in [1.807, 2.05) is 0 Å². The Labute approximate surface area is 101 Å². The average molecular weight is 243 g/mol. The minimum Gasteiger partial charge on any atom is -0.481 e. The highest BCUT2D eigenvalue weighted by Crippen LogP contribution is 2.23. The van der Waals surface area contributed by atoms with Crippen LogP contribution in [0.4, 0.5) is 0 Å². The van der Waals surface area contributed by atoms with Gasteiger partial charge in [-0.2, -0.15) is 0 Å². The number of nitrogens with zero attached hydrogens (tertiary/aromatic N) is 1. The Hall–Kier alpha value is -1.10. The molecule has 1 saturated heterocycles. The maximum absolute atomic E-state index is 12.0. The number of rotatable bonds is 5. The predicted octanol–water partition coefficient (Wildman–Crippen LogP) is 0.574. The first-order chi connectivity index (χ1) is 7.97. The summed E-state index contributed by atoms with van der Waals surface area (Å²) >= 11 is 0. The first-order valence-corrected chi connectivity index (χ1v) is 6.09. The van der Waals surface area contributed by atoms with Gasteiger partial charge in [-0.15, -0.1) is 0 Å². The molecule has 1 heterocycles. The highest BCUT2D eigenvalue weighted by molar-refractivity contribution is 5.84. The molecule has 3 atom stereocenters. The van der Waals surface area contributed by atoms with Gasteiger partial charge in [-0.1, -0.05) is 13.8 Å². The molecule has 0 aromatic rings. The van der Waals surface area contributed by atoms with Crippen LogP contribution in [-0.4, -0.2) is 46.7 Å². The Morgan fingerprint density at radius 3 is 2.53 bits per heavy atom. The van der Waals surface area contributed by atoms with Crippen molar-refractivity contribution in [2.75, 3.05) is 19.7 Å². The Kier molecular flexibility index (Phi) is 4.93. The highest BCUT2D eigenvalue weighted by Gasteiger charge is 2.33. The fraction of sp³-hybridized carbons (Fsp3) is 0.833. The molecule has 0 saturated carbocycles. The van der Waals surface area contributed by atoms with Crippen molar-refractivity contribution in [3.8, 4) is 0 Å². The number of hydrogen-bond acceptors (Lipinski definition) is 3. The van der Waals surface area contributed by atoms with Crippen LogP contribution in [0.2, 0.25) is 0 Å². The summed E-state index contributed by atoms with van der Waals surface area (Å²) in [6, 6.07) is 0. The van der Waals surface area contributed by atoms with Crippen LogP contribution < -0.4 is 0 Å². The normalized spacial score (nSPS) is 23.5. The number of aliphatic hydroxyl groups is 1.